The highest BCUT2D eigenvalue weighted by Gasteiger charge is 2.26. The van der Waals surface area contributed by atoms with E-state index in [-0.39, 0.29) is 16.6 Å². The normalized spacial score (nSPS) is 14.4. The van der Waals surface area contributed by atoms with Crippen LogP contribution in [0.1, 0.15) is 26.2 Å². The molecule has 2 heterocycles. The molecule has 1 aliphatic rings. The molecule has 4 rings (SSSR count). The maximum atomic E-state index is 12.9. The molecular formula is C23H27N5O4S3. The highest BCUT2D eigenvalue weighted by Crippen LogP contribution is 2.32. The average molecular weight is 534 g/mol. The van der Waals surface area contributed by atoms with Gasteiger partial charge >= 0.3 is 0 Å². The highest BCUT2D eigenvalue weighted by molar-refractivity contribution is 8.01. The molecule has 0 atom stereocenters. The first kappa shape index (κ1) is 25.4. The number of ether oxygens (including phenoxy) is 1. The molecule has 0 spiro atoms. The lowest BCUT2D eigenvalue weighted by Crippen LogP contribution is -2.35. The predicted molar refractivity (Wildman–Crippen MR) is 139 cm³/mol. The summed E-state index contributed by atoms with van der Waals surface area (Å²) < 4.78 is 33.6. The van der Waals surface area contributed by atoms with Gasteiger partial charge in [0.15, 0.2) is 4.34 Å². The second kappa shape index (κ2) is 11.8. The standard InChI is InChI=1S/C23H27N5O4S3/c1-2-32-20-12-5-4-11-19(20)25-22-26-27-23(34-22)33-16-21(29)24-17-9-8-10-18(15-17)35(30,31)28-13-6-3-7-14-28/h4-5,8-12,15H,2-3,6-7,13-14,16H2,1H3,(H,24,29)(H,25,26). The monoisotopic (exact) mass is 533 g/mol. The number of nitrogens with zero attached hydrogens (tertiary/aromatic N) is 3. The molecule has 35 heavy (non-hydrogen) atoms. The molecule has 1 amide bonds. The van der Waals surface area contributed by atoms with E-state index in [0.717, 1.165) is 30.7 Å². The first-order valence-electron chi connectivity index (χ1n) is 11.3. The third kappa shape index (κ3) is 6.72. The van der Waals surface area contributed by atoms with Crippen LogP contribution in [0.5, 0.6) is 5.75 Å². The van der Waals surface area contributed by atoms with Crippen LogP contribution in [-0.2, 0) is 14.8 Å². The van der Waals surface area contributed by atoms with Crippen LogP contribution in [0.3, 0.4) is 0 Å². The van der Waals surface area contributed by atoms with Gasteiger partial charge in [0.25, 0.3) is 0 Å². The van der Waals surface area contributed by atoms with Crippen LogP contribution in [0.2, 0.25) is 0 Å². The number of hydrogen-bond acceptors (Lipinski definition) is 9. The molecule has 0 radical (unpaired) electrons. The molecule has 2 aromatic carbocycles. The molecule has 12 heteroatoms. The zero-order valence-corrected chi connectivity index (χ0v) is 21.7. The van der Waals surface area contributed by atoms with Crippen molar-refractivity contribution in [2.75, 3.05) is 36.1 Å². The van der Waals surface area contributed by atoms with Gasteiger partial charge in [-0.25, -0.2) is 8.42 Å². The Bertz CT molecular complexity index is 1260. The molecule has 3 aromatic rings. The van der Waals surface area contributed by atoms with Gasteiger partial charge in [-0.3, -0.25) is 4.79 Å². The number of carbonyl (C=O) groups is 1. The second-order valence-electron chi connectivity index (χ2n) is 7.76. The van der Waals surface area contributed by atoms with Crippen molar-refractivity contribution in [3.63, 3.8) is 0 Å². The maximum absolute atomic E-state index is 12.9. The summed E-state index contributed by atoms with van der Waals surface area (Å²) in [5, 5.41) is 14.8. The first-order valence-corrected chi connectivity index (χ1v) is 14.5. The van der Waals surface area contributed by atoms with Crippen LogP contribution < -0.4 is 15.4 Å². The Kier molecular flexibility index (Phi) is 8.60. The van der Waals surface area contributed by atoms with E-state index in [1.54, 1.807) is 18.2 Å². The van der Waals surface area contributed by atoms with Crippen molar-refractivity contribution in [2.24, 2.45) is 0 Å². The molecule has 0 aliphatic carbocycles. The SMILES string of the molecule is CCOc1ccccc1Nc1nnc(SCC(=O)Nc2cccc(S(=O)(=O)N3CCCCC3)c2)s1. The fourth-order valence-electron chi connectivity index (χ4n) is 3.60. The van der Waals surface area contributed by atoms with Crippen LogP contribution in [0, 0.1) is 0 Å². The molecule has 9 nitrogen and oxygen atoms in total. The van der Waals surface area contributed by atoms with Crippen molar-refractivity contribution in [3.8, 4) is 5.75 Å². The Morgan fingerprint density at radius 2 is 1.91 bits per heavy atom. The number of benzene rings is 2. The molecule has 1 aliphatic heterocycles. The number of anilines is 3. The topological polar surface area (TPSA) is 114 Å². The minimum Gasteiger partial charge on any atom is -0.492 e. The van der Waals surface area contributed by atoms with Crippen LogP contribution in [0.25, 0.3) is 0 Å². The number of para-hydroxylation sites is 2. The smallest absolute Gasteiger partial charge is 0.243 e. The summed E-state index contributed by atoms with van der Waals surface area (Å²) >= 11 is 2.59. The largest absolute Gasteiger partial charge is 0.492 e. The molecule has 0 unspecified atom stereocenters. The summed E-state index contributed by atoms with van der Waals surface area (Å²) in [7, 11) is -3.56. The number of sulfonamides is 1. The fraction of sp³-hybridized carbons (Fsp3) is 0.348. The summed E-state index contributed by atoms with van der Waals surface area (Å²) in [6.07, 6.45) is 2.79. The second-order valence-corrected chi connectivity index (χ2v) is 11.9. The van der Waals surface area contributed by atoms with Crippen molar-refractivity contribution >= 4 is 55.5 Å². The Morgan fingerprint density at radius 1 is 1.11 bits per heavy atom. The van der Waals surface area contributed by atoms with Gasteiger partial charge in [-0.05, 0) is 50.1 Å². The van der Waals surface area contributed by atoms with Crippen molar-refractivity contribution in [2.45, 2.75) is 35.4 Å². The maximum Gasteiger partial charge on any atom is 0.243 e. The summed E-state index contributed by atoms with van der Waals surface area (Å²) in [6.45, 7) is 3.54. The molecule has 0 bridgehead atoms. The van der Waals surface area contributed by atoms with Gasteiger partial charge in [-0.1, -0.05) is 47.7 Å². The molecule has 2 N–H and O–H groups in total. The Morgan fingerprint density at radius 3 is 2.71 bits per heavy atom. The fourth-order valence-corrected chi connectivity index (χ4v) is 6.73. The van der Waals surface area contributed by atoms with Gasteiger partial charge in [0, 0.05) is 18.8 Å². The van der Waals surface area contributed by atoms with Crippen molar-refractivity contribution < 1.29 is 17.9 Å². The Hall–Kier alpha value is -2.67. The summed E-state index contributed by atoms with van der Waals surface area (Å²) in [5.41, 5.74) is 1.24. The van der Waals surface area contributed by atoms with Crippen molar-refractivity contribution in [1.82, 2.24) is 14.5 Å². The lowest BCUT2D eigenvalue weighted by atomic mass is 10.2. The quantitative estimate of drug-likeness (QED) is 0.364. The number of carbonyl (C=O) groups excluding carboxylic acids is 1. The predicted octanol–water partition coefficient (Wildman–Crippen LogP) is 4.59. The number of rotatable bonds is 10. The van der Waals surface area contributed by atoms with Crippen LogP contribution >= 0.6 is 23.1 Å². The van der Waals surface area contributed by atoms with Gasteiger partial charge in [0.1, 0.15) is 5.75 Å². The Balaban J connectivity index is 1.32. The van der Waals surface area contributed by atoms with Gasteiger partial charge < -0.3 is 15.4 Å². The lowest BCUT2D eigenvalue weighted by Gasteiger charge is -2.26. The third-order valence-electron chi connectivity index (χ3n) is 5.23. The number of thioether (sulfide) groups is 1. The van der Waals surface area contributed by atoms with E-state index in [1.807, 2.05) is 31.2 Å². The molecule has 0 saturated carbocycles. The zero-order valence-electron chi connectivity index (χ0n) is 19.3. The summed E-state index contributed by atoms with van der Waals surface area (Å²) in [4.78, 5) is 12.7. The average Bonchev–Trinajstić information content (AvgIpc) is 3.32. The molecular weight excluding hydrogens is 506 g/mol. The summed E-state index contributed by atoms with van der Waals surface area (Å²) in [6, 6.07) is 14.0. The minimum atomic E-state index is -3.56. The van der Waals surface area contributed by atoms with Crippen LogP contribution in [-0.4, -0.2) is 54.3 Å². The lowest BCUT2D eigenvalue weighted by molar-refractivity contribution is -0.113. The van der Waals surface area contributed by atoms with Gasteiger partial charge in [-0.15, -0.1) is 10.2 Å². The molecule has 186 valence electrons. The molecule has 1 fully saturated rings. The van der Waals surface area contributed by atoms with Crippen LogP contribution in [0.4, 0.5) is 16.5 Å². The van der Waals surface area contributed by atoms with Crippen molar-refractivity contribution in [3.05, 3.63) is 48.5 Å². The highest BCUT2D eigenvalue weighted by atomic mass is 32.2. The molecule has 1 saturated heterocycles. The zero-order chi connectivity index (χ0) is 24.7. The van der Waals surface area contributed by atoms with Gasteiger partial charge in [0.05, 0.1) is 22.9 Å². The van der Waals surface area contributed by atoms with Crippen molar-refractivity contribution in [1.29, 1.82) is 0 Å². The number of aromatic nitrogens is 2. The first-order chi connectivity index (χ1) is 17.0. The van der Waals surface area contributed by atoms with E-state index in [9.17, 15) is 13.2 Å². The van der Waals surface area contributed by atoms with E-state index >= 15 is 0 Å². The van der Waals surface area contributed by atoms with Gasteiger partial charge in [0.2, 0.25) is 21.1 Å². The third-order valence-corrected chi connectivity index (χ3v) is 9.10. The summed E-state index contributed by atoms with van der Waals surface area (Å²) in [5.74, 6) is 0.588. The number of piperidine rings is 1. The Labute approximate surface area is 213 Å². The number of nitrogens with one attached hydrogen (secondary N) is 2. The van der Waals surface area contributed by atoms with E-state index in [2.05, 4.69) is 20.8 Å². The minimum absolute atomic E-state index is 0.118. The molecule has 1 aromatic heterocycles. The van der Waals surface area contributed by atoms with E-state index in [1.165, 1.54) is 33.5 Å². The van der Waals surface area contributed by atoms with E-state index in [4.69, 9.17) is 4.74 Å². The van der Waals surface area contributed by atoms with Gasteiger partial charge in [-0.2, -0.15) is 4.31 Å². The van der Waals surface area contributed by atoms with Crippen LogP contribution in [0.15, 0.2) is 57.8 Å². The number of amides is 1. The van der Waals surface area contributed by atoms with E-state index in [0.29, 0.717) is 34.9 Å². The van der Waals surface area contributed by atoms with E-state index < -0.39 is 10.0 Å². The number of hydrogen-bond donors (Lipinski definition) is 2.